The highest BCUT2D eigenvalue weighted by atomic mass is 16.8. The highest BCUT2D eigenvalue weighted by molar-refractivity contribution is 5.89. The average Bonchev–Trinajstić information content (AvgIpc) is 3.41. The monoisotopic (exact) mass is 954 g/mol. The zero-order valence-electron chi connectivity index (χ0n) is 39.5. The molecule has 2 aliphatic heterocycles. The molecule has 0 aliphatic carbocycles. The van der Waals surface area contributed by atoms with Crippen LogP contribution in [0.15, 0.2) is 176 Å². The van der Waals surface area contributed by atoms with E-state index in [1.807, 2.05) is 152 Å². The Kier molecular flexibility index (Phi) is 19.2. The number of rotatable bonds is 24. The minimum Gasteiger partial charge on any atom is -0.465 e. The minimum absolute atomic E-state index is 0.0433. The molecule has 2 saturated heterocycles. The first-order chi connectivity index (χ1) is 34.4. The van der Waals surface area contributed by atoms with E-state index in [0.717, 1.165) is 33.4 Å². The van der Waals surface area contributed by atoms with Crippen LogP contribution >= 0.6 is 0 Å². The molecular formula is C57H62O13. The van der Waals surface area contributed by atoms with Crippen LogP contribution in [0.5, 0.6) is 0 Å². The van der Waals surface area contributed by atoms with Gasteiger partial charge in [0.25, 0.3) is 0 Å². The predicted octanol–water partition coefficient (Wildman–Crippen LogP) is 8.39. The Hall–Kier alpha value is -5.65. The lowest BCUT2D eigenvalue weighted by atomic mass is 9.96. The van der Waals surface area contributed by atoms with Gasteiger partial charge in [0.1, 0.15) is 48.8 Å². The zero-order valence-corrected chi connectivity index (χ0v) is 39.5. The molecule has 0 saturated carbocycles. The van der Waals surface area contributed by atoms with Gasteiger partial charge < -0.3 is 57.2 Å². The van der Waals surface area contributed by atoms with Crippen molar-refractivity contribution >= 4 is 5.97 Å². The first-order valence-electron chi connectivity index (χ1n) is 23.6. The molecule has 0 spiro atoms. The zero-order chi connectivity index (χ0) is 48.3. The SMILES string of the molecule is COC(=O)c1ccc(CO[C@@H]2[C@@H](OCc3ccccc3)[C@@H](OC)O[C@H](COCc3ccccc3)[C@H]2O[C@H]2O[C@H](COCc3ccccc3)[C@@H](OCc3ccccc3)[C@H](OCc3ccccc3)[C@H]2O)cc1. The summed E-state index contributed by atoms with van der Waals surface area (Å²) in [5.41, 5.74) is 5.89. The predicted molar refractivity (Wildman–Crippen MR) is 259 cm³/mol. The van der Waals surface area contributed by atoms with Crippen LogP contribution in [0.4, 0.5) is 0 Å². The lowest BCUT2D eigenvalue weighted by Crippen LogP contribution is -2.66. The van der Waals surface area contributed by atoms with Gasteiger partial charge in [0.05, 0.1) is 65.5 Å². The minimum atomic E-state index is -1.39. The number of esters is 1. The van der Waals surface area contributed by atoms with E-state index in [0.29, 0.717) is 12.2 Å². The quantitative estimate of drug-likeness (QED) is 0.0582. The van der Waals surface area contributed by atoms with Crippen LogP contribution in [-0.4, -0.2) is 99.9 Å². The van der Waals surface area contributed by atoms with Crippen molar-refractivity contribution in [2.24, 2.45) is 0 Å². The summed E-state index contributed by atoms with van der Waals surface area (Å²) in [6.45, 7) is 1.39. The van der Waals surface area contributed by atoms with Crippen molar-refractivity contribution in [3.8, 4) is 0 Å². The molecule has 0 bridgehead atoms. The van der Waals surface area contributed by atoms with Crippen LogP contribution in [0.1, 0.15) is 43.7 Å². The largest absolute Gasteiger partial charge is 0.465 e. The molecule has 2 aliphatic rings. The molecular weight excluding hydrogens is 893 g/mol. The molecule has 70 heavy (non-hydrogen) atoms. The molecule has 10 atom stereocenters. The number of hydrogen-bond donors (Lipinski definition) is 1. The van der Waals surface area contributed by atoms with E-state index >= 15 is 0 Å². The second kappa shape index (κ2) is 26.5. The Morgan fingerprint density at radius 1 is 0.429 bits per heavy atom. The lowest BCUT2D eigenvalue weighted by Gasteiger charge is -2.49. The van der Waals surface area contributed by atoms with Gasteiger partial charge in [-0.15, -0.1) is 0 Å². The maximum absolute atomic E-state index is 12.6. The number of hydrogen-bond acceptors (Lipinski definition) is 13. The molecule has 0 amide bonds. The Balaban J connectivity index is 1.13. The first kappa shape index (κ1) is 50.7. The highest BCUT2D eigenvalue weighted by Crippen LogP contribution is 2.35. The number of ether oxygens (including phenoxy) is 11. The Morgan fingerprint density at radius 3 is 1.24 bits per heavy atom. The fraction of sp³-hybridized carbons (Fsp3) is 0.351. The number of aliphatic hydroxyl groups excluding tert-OH is 1. The van der Waals surface area contributed by atoms with E-state index < -0.39 is 67.4 Å². The molecule has 6 aromatic carbocycles. The third-order valence-corrected chi connectivity index (χ3v) is 12.2. The van der Waals surface area contributed by atoms with Gasteiger partial charge >= 0.3 is 5.97 Å². The summed E-state index contributed by atoms with van der Waals surface area (Å²) < 4.78 is 71.4. The molecule has 2 heterocycles. The standard InChI is InChI=1S/C57H62O13/c1-60-55(59)46-30-28-45(29-31-46)37-66-53-51(48(39-63-33-41-20-10-4-11-21-41)69-57(61-2)54(53)67-36-44-26-16-7-17-27-44)70-56-49(58)52(65-35-43-24-14-6-15-25-43)50(64-34-42-22-12-5-13-23-42)47(68-56)38-62-32-40-18-8-3-9-19-40/h3-31,47-54,56-58H,32-39H2,1-2H3/t47-,48-,49-,50-,51-,52-,53+,54-,56-,57+/m1/s1. The Morgan fingerprint density at radius 2 is 0.800 bits per heavy atom. The fourth-order valence-electron chi connectivity index (χ4n) is 8.50. The van der Waals surface area contributed by atoms with E-state index in [1.54, 1.807) is 31.4 Å². The number of carbonyl (C=O) groups is 1. The topological polar surface area (TPSA) is 139 Å². The van der Waals surface area contributed by atoms with Gasteiger partial charge in [0.2, 0.25) is 0 Å². The van der Waals surface area contributed by atoms with Gasteiger partial charge in [-0.25, -0.2) is 4.79 Å². The van der Waals surface area contributed by atoms with Crippen molar-refractivity contribution in [3.05, 3.63) is 215 Å². The Labute approximate surface area is 410 Å². The molecule has 368 valence electrons. The van der Waals surface area contributed by atoms with E-state index in [2.05, 4.69) is 0 Å². The van der Waals surface area contributed by atoms with E-state index in [9.17, 15) is 9.90 Å². The molecule has 0 radical (unpaired) electrons. The van der Waals surface area contributed by atoms with Crippen molar-refractivity contribution in [2.45, 2.75) is 101 Å². The maximum Gasteiger partial charge on any atom is 0.337 e. The third kappa shape index (κ3) is 14.2. The fourth-order valence-corrected chi connectivity index (χ4v) is 8.50. The van der Waals surface area contributed by atoms with Crippen molar-refractivity contribution in [1.29, 1.82) is 0 Å². The molecule has 8 rings (SSSR count). The van der Waals surface area contributed by atoms with Gasteiger partial charge in [-0.2, -0.15) is 0 Å². The van der Waals surface area contributed by atoms with Gasteiger partial charge in [-0.05, 0) is 45.5 Å². The van der Waals surface area contributed by atoms with Gasteiger partial charge in [0, 0.05) is 7.11 Å². The summed E-state index contributed by atoms with van der Waals surface area (Å²) >= 11 is 0. The average molecular weight is 955 g/mol. The van der Waals surface area contributed by atoms with Crippen molar-refractivity contribution in [1.82, 2.24) is 0 Å². The first-order valence-corrected chi connectivity index (χ1v) is 23.6. The van der Waals surface area contributed by atoms with Crippen LogP contribution in [-0.2, 0) is 91.7 Å². The molecule has 0 aromatic heterocycles. The molecule has 13 nitrogen and oxygen atoms in total. The van der Waals surface area contributed by atoms with E-state index in [4.69, 9.17) is 52.1 Å². The van der Waals surface area contributed by atoms with Crippen LogP contribution in [0.2, 0.25) is 0 Å². The van der Waals surface area contributed by atoms with Crippen molar-refractivity contribution in [2.75, 3.05) is 27.4 Å². The highest BCUT2D eigenvalue weighted by Gasteiger charge is 2.54. The van der Waals surface area contributed by atoms with Gasteiger partial charge in [-0.3, -0.25) is 0 Å². The summed E-state index contributed by atoms with van der Waals surface area (Å²) in [7, 11) is 2.89. The number of carbonyl (C=O) groups excluding carboxylic acids is 1. The number of benzene rings is 6. The molecule has 6 aromatic rings. The summed E-state index contributed by atoms with van der Waals surface area (Å²) in [5.74, 6) is -0.449. The summed E-state index contributed by atoms with van der Waals surface area (Å²) in [6.07, 6.45) is -9.83. The number of aliphatic hydroxyl groups is 1. The third-order valence-electron chi connectivity index (χ3n) is 12.2. The molecule has 1 N–H and O–H groups in total. The second-order valence-corrected chi connectivity index (χ2v) is 17.2. The molecule has 13 heteroatoms. The van der Waals surface area contributed by atoms with Crippen LogP contribution < -0.4 is 0 Å². The lowest BCUT2D eigenvalue weighted by molar-refractivity contribution is -0.372. The normalized spacial score (nSPS) is 24.5. The van der Waals surface area contributed by atoms with Crippen molar-refractivity contribution in [3.63, 3.8) is 0 Å². The summed E-state index contributed by atoms with van der Waals surface area (Å²) in [4.78, 5) is 12.3. The van der Waals surface area contributed by atoms with E-state index in [1.165, 1.54) is 7.11 Å². The van der Waals surface area contributed by atoms with Gasteiger partial charge in [-0.1, -0.05) is 164 Å². The maximum atomic E-state index is 12.6. The molecule has 0 unspecified atom stereocenters. The van der Waals surface area contributed by atoms with Crippen molar-refractivity contribution < 1.29 is 62.0 Å². The number of methoxy groups -OCH3 is 2. The Bertz CT molecular complexity index is 2400. The van der Waals surface area contributed by atoms with Crippen LogP contribution in [0, 0.1) is 0 Å². The summed E-state index contributed by atoms with van der Waals surface area (Å²) in [5, 5.41) is 12.6. The summed E-state index contributed by atoms with van der Waals surface area (Å²) in [6, 6.07) is 56.0. The molecule has 2 fully saturated rings. The van der Waals surface area contributed by atoms with E-state index in [-0.39, 0.29) is 46.2 Å². The van der Waals surface area contributed by atoms with Gasteiger partial charge in [0.15, 0.2) is 12.6 Å². The second-order valence-electron chi connectivity index (χ2n) is 17.2. The smallest absolute Gasteiger partial charge is 0.337 e. The van der Waals surface area contributed by atoms with Crippen LogP contribution in [0.3, 0.4) is 0 Å². The van der Waals surface area contributed by atoms with Crippen LogP contribution in [0.25, 0.3) is 0 Å².